The summed E-state index contributed by atoms with van der Waals surface area (Å²) in [5.74, 6) is 0.321. The molecular weight excluding hydrogens is 400 g/mol. The maximum Gasteiger partial charge on any atom is 0.157 e. The molecule has 1 aromatic rings. The topological polar surface area (TPSA) is 47.9 Å². The lowest BCUT2D eigenvalue weighted by atomic mass is 9.85. The van der Waals surface area contributed by atoms with Crippen LogP contribution in [-0.4, -0.2) is 36.8 Å². The molecule has 32 heavy (non-hydrogen) atoms. The first-order valence-electron chi connectivity index (χ1n) is 13.2. The predicted octanol–water partition coefficient (Wildman–Crippen LogP) is 7.03. The van der Waals surface area contributed by atoms with Crippen LogP contribution in [0.15, 0.2) is 30.3 Å². The van der Waals surface area contributed by atoms with Crippen molar-refractivity contribution in [3.63, 3.8) is 0 Å². The Labute approximate surface area is 197 Å². The van der Waals surface area contributed by atoms with Crippen molar-refractivity contribution in [3.8, 4) is 0 Å². The van der Waals surface area contributed by atoms with Crippen molar-refractivity contribution >= 4 is 0 Å². The van der Waals surface area contributed by atoms with E-state index in [0.29, 0.717) is 19.1 Å². The van der Waals surface area contributed by atoms with Crippen LogP contribution in [0, 0.1) is 5.92 Å². The van der Waals surface area contributed by atoms with Gasteiger partial charge in [0.15, 0.2) is 6.29 Å². The van der Waals surface area contributed by atoms with Crippen LogP contribution in [0.3, 0.4) is 0 Å². The summed E-state index contributed by atoms with van der Waals surface area (Å²) in [5.41, 5.74) is 0.360. The van der Waals surface area contributed by atoms with Gasteiger partial charge >= 0.3 is 0 Å². The Morgan fingerprint density at radius 2 is 1.59 bits per heavy atom. The molecule has 1 N–H and O–H groups in total. The lowest BCUT2D eigenvalue weighted by Gasteiger charge is -2.33. The van der Waals surface area contributed by atoms with Crippen molar-refractivity contribution in [2.45, 2.75) is 116 Å². The van der Waals surface area contributed by atoms with Crippen LogP contribution in [-0.2, 0) is 20.8 Å². The molecule has 0 radical (unpaired) electrons. The number of aliphatic hydroxyl groups is 1. The summed E-state index contributed by atoms with van der Waals surface area (Å²) in [6.45, 7) is 6.95. The zero-order valence-corrected chi connectivity index (χ0v) is 20.7. The van der Waals surface area contributed by atoms with Gasteiger partial charge in [0.2, 0.25) is 0 Å². The second-order valence-electron chi connectivity index (χ2n) is 9.85. The van der Waals surface area contributed by atoms with E-state index in [1.165, 1.54) is 51.4 Å². The Bertz CT molecular complexity index is 558. The van der Waals surface area contributed by atoms with Gasteiger partial charge in [-0.05, 0) is 30.7 Å². The smallest absolute Gasteiger partial charge is 0.157 e. The van der Waals surface area contributed by atoms with Crippen molar-refractivity contribution < 1.29 is 19.3 Å². The van der Waals surface area contributed by atoms with Crippen molar-refractivity contribution in [2.24, 2.45) is 5.92 Å². The van der Waals surface area contributed by atoms with Crippen molar-refractivity contribution in [2.75, 3.05) is 19.8 Å². The minimum Gasteiger partial charge on any atom is -0.387 e. The third-order valence-corrected chi connectivity index (χ3v) is 6.45. The minimum atomic E-state index is -0.788. The molecule has 2 rings (SSSR count). The zero-order chi connectivity index (χ0) is 22.9. The SMILES string of the molecule is CCCCCCCCCCC[C@@](O)(COCc1ccccc1)C[C@H](C)CC1OCCCO1. The lowest BCUT2D eigenvalue weighted by Crippen LogP contribution is -2.38. The molecular formula is C28H48O4. The molecule has 1 aliphatic heterocycles. The van der Waals surface area contributed by atoms with Gasteiger partial charge in [-0.3, -0.25) is 0 Å². The van der Waals surface area contributed by atoms with E-state index < -0.39 is 5.60 Å². The van der Waals surface area contributed by atoms with Gasteiger partial charge in [0.05, 0.1) is 32.0 Å². The third kappa shape index (κ3) is 12.3. The number of hydrogen-bond acceptors (Lipinski definition) is 4. The summed E-state index contributed by atoms with van der Waals surface area (Å²) in [4.78, 5) is 0. The van der Waals surface area contributed by atoms with Crippen molar-refractivity contribution in [3.05, 3.63) is 35.9 Å². The van der Waals surface area contributed by atoms with Crippen LogP contribution in [0.25, 0.3) is 0 Å². The van der Waals surface area contributed by atoms with Crippen LogP contribution in [0.4, 0.5) is 0 Å². The Kier molecular flexibility index (Phi) is 14.2. The molecule has 0 amide bonds. The van der Waals surface area contributed by atoms with E-state index in [0.717, 1.165) is 50.9 Å². The van der Waals surface area contributed by atoms with E-state index in [-0.39, 0.29) is 6.29 Å². The number of benzene rings is 1. The van der Waals surface area contributed by atoms with E-state index in [1.54, 1.807) is 0 Å². The van der Waals surface area contributed by atoms with Crippen molar-refractivity contribution in [1.82, 2.24) is 0 Å². The number of hydrogen-bond donors (Lipinski definition) is 1. The highest BCUT2D eigenvalue weighted by molar-refractivity contribution is 5.13. The molecule has 0 spiro atoms. The lowest BCUT2D eigenvalue weighted by molar-refractivity contribution is -0.188. The average molecular weight is 449 g/mol. The first kappa shape index (κ1) is 27.3. The summed E-state index contributed by atoms with van der Waals surface area (Å²) in [6.07, 6.45) is 14.8. The molecule has 0 bridgehead atoms. The predicted molar refractivity (Wildman–Crippen MR) is 132 cm³/mol. The summed E-state index contributed by atoms with van der Waals surface area (Å²) >= 11 is 0. The monoisotopic (exact) mass is 448 g/mol. The van der Waals surface area contributed by atoms with Gasteiger partial charge in [-0.25, -0.2) is 0 Å². The van der Waals surface area contributed by atoms with Crippen LogP contribution in [0.1, 0.15) is 103 Å². The Hall–Kier alpha value is -0.940. The van der Waals surface area contributed by atoms with E-state index in [4.69, 9.17) is 14.2 Å². The van der Waals surface area contributed by atoms with E-state index in [9.17, 15) is 5.11 Å². The average Bonchev–Trinajstić information content (AvgIpc) is 2.79. The molecule has 4 nitrogen and oxygen atoms in total. The second-order valence-corrected chi connectivity index (χ2v) is 9.85. The normalized spacial score (nSPS) is 17.8. The van der Waals surface area contributed by atoms with Crippen LogP contribution in [0.5, 0.6) is 0 Å². The van der Waals surface area contributed by atoms with Gasteiger partial charge in [-0.1, -0.05) is 102 Å². The molecule has 1 saturated heterocycles. The van der Waals surface area contributed by atoms with Crippen LogP contribution < -0.4 is 0 Å². The van der Waals surface area contributed by atoms with Gasteiger partial charge in [0, 0.05) is 6.42 Å². The van der Waals surface area contributed by atoms with Crippen molar-refractivity contribution in [1.29, 1.82) is 0 Å². The fourth-order valence-corrected chi connectivity index (χ4v) is 4.66. The summed E-state index contributed by atoms with van der Waals surface area (Å²) in [5, 5.41) is 11.5. The molecule has 1 aromatic carbocycles. The number of unbranched alkanes of at least 4 members (excludes halogenated alkanes) is 8. The fourth-order valence-electron chi connectivity index (χ4n) is 4.66. The molecule has 1 aliphatic rings. The molecule has 0 saturated carbocycles. The molecule has 0 unspecified atom stereocenters. The van der Waals surface area contributed by atoms with Gasteiger partial charge in [-0.2, -0.15) is 0 Å². The molecule has 4 heteroatoms. The molecule has 0 aliphatic carbocycles. The van der Waals surface area contributed by atoms with Gasteiger partial charge in [0.1, 0.15) is 0 Å². The Balaban J connectivity index is 1.74. The zero-order valence-electron chi connectivity index (χ0n) is 20.7. The standard InChI is InChI=1S/C28H48O4/c1-3-4-5-6-7-8-9-10-14-18-28(29,24-30-23-26-16-12-11-13-17-26)22-25(2)21-27-31-19-15-20-32-27/h11-13,16-17,25,27,29H,3-10,14-15,18-24H2,1-2H3/t25-,28+/m1/s1. The van der Waals surface area contributed by atoms with E-state index in [2.05, 4.69) is 26.0 Å². The second kappa shape index (κ2) is 16.6. The summed E-state index contributed by atoms with van der Waals surface area (Å²) < 4.78 is 17.5. The Morgan fingerprint density at radius 1 is 0.969 bits per heavy atom. The molecule has 184 valence electrons. The third-order valence-electron chi connectivity index (χ3n) is 6.45. The highest BCUT2D eigenvalue weighted by Gasteiger charge is 2.31. The maximum atomic E-state index is 11.5. The quantitative estimate of drug-likeness (QED) is 0.245. The maximum absolute atomic E-state index is 11.5. The number of rotatable bonds is 18. The first-order chi connectivity index (χ1) is 15.6. The highest BCUT2D eigenvalue weighted by atomic mass is 16.7. The molecule has 0 aromatic heterocycles. The highest BCUT2D eigenvalue weighted by Crippen LogP contribution is 2.28. The summed E-state index contributed by atoms with van der Waals surface area (Å²) in [6, 6.07) is 10.2. The van der Waals surface area contributed by atoms with E-state index >= 15 is 0 Å². The molecule has 1 fully saturated rings. The largest absolute Gasteiger partial charge is 0.387 e. The molecule has 1 heterocycles. The minimum absolute atomic E-state index is 0.124. The molecule has 2 atom stereocenters. The van der Waals surface area contributed by atoms with Gasteiger partial charge in [-0.15, -0.1) is 0 Å². The van der Waals surface area contributed by atoms with Gasteiger partial charge < -0.3 is 19.3 Å². The number of ether oxygens (including phenoxy) is 3. The Morgan fingerprint density at radius 3 is 2.25 bits per heavy atom. The summed E-state index contributed by atoms with van der Waals surface area (Å²) in [7, 11) is 0. The van der Waals surface area contributed by atoms with Gasteiger partial charge in [0.25, 0.3) is 0 Å². The van der Waals surface area contributed by atoms with Crippen LogP contribution in [0.2, 0.25) is 0 Å². The fraction of sp³-hybridized carbons (Fsp3) is 0.786. The first-order valence-corrected chi connectivity index (χ1v) is 13.2. The van der Waals surface area contributed by atoms with Crippen LogP contribution >= 0.6 is 0 Å². The van der Waals surface area contributed by atoms with E-state index in [1.807, 2.05) is 18.2 Å².